The largest absolute Gasteiger partial charge is 0.307 e. The maximum Gasteiger partial charge on any atom is 0.263 e. The minimum atomic E-state index is -0.512. The highest BCUT2D eigenvalue weighted by Gasteiger charge is 2.21. The van der Waals surface area contributed by atoms with Gasteiger partial charge < -0.3 is 5.32 Å². The summed E-state index contributed by atoms with van der Waals surface area (Å²) >= 11 is 11.5. The highest BCUT2D eigenvalue weighted by molar-refractivity contribution is 8.26. The molecule has 0 unspecified atom stereocenters. The van der Waals surface area contributed by atoms with Crippen molar-refractivity contribution in [1.82, 2.24) is 5.32 Å². The van der Waals surface area contributed by atoms with E-state index in [1.54, 1.807) is 12.1 Å². The molecule has 1 aliphatic rings. The number of carbonyl (C=O) groups is 1. The predicted molar refractivity (Wildman–Crippen MR) is 67.7 cm³/mol. The Kier molecular flexibility index (Phi) is 3.28. The molecule has 16 heavy (non-hydrogen) atoms. The van der Waals surface area contributed by atoms with Crippen molar-refractivity contribution < 1.29 is 9.18 Å². The first-order valence-electron chi connectivity index (χ1n) is 4.26. The Morgan fingerprint density at radius 1 is 1.50 bits per heavy atom. The van der Waals surface area contributed by atoms with Crippen molar-refractivity contribution in [2.45, 2.75) is 0 Å². The van der Waals surface area contributed by atoms with Gasteiger partial charge in [-0.05, 0) is 23.8 Å². The molecule has 1 aromatic rings. The van der Waals surface area contributed by atoms with Crippen LogP contribution in [0.1, 0.15) is 5.56 Å². The summed E-state index contributed by atoms with van der Waals surface area (Å²) in [4.78, 5) is 11.8. The van der Waals surface area contributed by atoms with Crippen LogP contribution < -0.4 is 5.32 Å². The minimum absolute atomic E-state index is 0.0567. The summed E-state index contributed by atoms with van der Waals surface area (Å²) in [5.74, 6) is -0.771. The molecule has 2 rings (SSSR count). The van der Waals surface area contributed by atoms with Gasteiger partial charge in [0.2, 0.25) is 0 Å². The number of thioether (sulfide) groups is 1. The molecule has 2 nitrogen and oxygen atoms in total. The number of benzene rings is 1. The Morgan fingerprint density at radius 2 is 2.25 bits per heavy atom. The van der Waals surface area contributed by atoms with Crippen molar-refractivity contribution in [3.8, 4) is 0 Å². The van der Waals surface area contributed by atoms with Crippen molar-refractivity contribution in [2.75, 3.05) is 0 Å². The molecule has 0 aromatic heterocycles. The predicted octanol–water partition coefficient (Wildman–Crippen LogP) is 2.97. The van der Waals surface area contributed by atoms with Gasteiger partial charge in [-0.15, -0.1) is 0 Å². The molecule has 0 saturated carbocycles. The van der Waals surface area contributed by atoms with Gasteiger partial charge >= 0.3 is 0 Å². The fourth-order valence-corrected chi connectivity index (χ4v) is 2.34. The number of rotatable bonds is 1. The summed E-state index contributed by atoms with van der Waals surface area (Å²) in [6.45, 7) is 0. The SMILES string of the molecule is O=C1NC(=S)SC1=Cc1ccc(Cl)c(F)c1. The van der Waals surface area contributed by atoms with Crippen molar-refractivity contribution in [2.24, 2.45) is 0 Å². The molecule has 1 aliphatic heterocycles. The molecular formula is C10H5ClFNOS2. The van der Waals surface area contributed by atoms with Gasteiger partial charge in [-0.25, -0.2) is 4.39 Å². The third-order valence-electron chi connectivity index (χ3n) is 1.88. The molecular weight excluding hydrogens is 269 g/mol. The van der Waals surface area contributed by atoms with Gasteiger partial charge in [-0.3, -0.25) is 4.79 Å². The van der Waals surface area contributed by atoms with Gasteiger partial charge in [-0.2, -0.15) is 0 Å². The summed E-state index contributed by atoms with van der Waals surface area (Å²) < 4.78 is 13.5. The van der Waals surface area contributed by atoms with Gasteiger partial charge in [0.25, 0.3) is 5.91 Å². The number of nitrogens with one attached hydrogen (secondary N) is 1. The second-order valence-corrected chi connectivity index (χ2v) is 5.15. The lowest BCUT2D eigenvalue weighted by molar-refractivity contribution is -0.115. The normalized spacial score (nSPS) is 18.0. The summed E-state index contributed by atoms with van der Waals surface area (Å²) in [5.41, 5.74) is 0.573. The summed E-state index contributed by atoms with van der Waals surface area (Å²) in [5, 5.41) is 2.54. The van der Waals surface area contributed by atoms with E-state index in [2.05, 4.69) is 5.32 Å². The summed E-state index contributed by atoms with van der Waals surface area (Å²) in [6.07, 6.45) is 1.57. The monoisotopic (exact) mass is 273 g/mol. The zero-order chi connectivity index (χ0) is 11.7. The van der Waals surface area contributed by atoms with Crippen molar-refractivity contribution in [1.29, 1.82) is 0 Å². The molecule has 1 amide bonds. The fraction of sp³-hybridized carbons (Fsp3) is 0. The molecule has 1 saturated heterocycles. The fourth-order valence-electron chi connectivity index (χ4n) is 1.17. The molecule has 82 valence electrons. The Bertz CT molecular complexity index is 516. The molecule has 1 N–H and O–H groups in total. The van der Waals surface area contributed by atoms with E-state index in [4.69, 9.17) is 23.8 Å². The lowest BCUT2D eigenvalue weighted by atomic mass is 10.2. The van der Waals surface area contributed by atoms with E-state index in [1.807, 2.05) is 0 Å². The number of thiocarbonyl (C=S) groups is 1. The van der Waals surface area contributed by atoms with Crippen LogP contribution in [0.2, 0.25) is 5.02 Å². The highest BCUT2D eigenvalue weighted by atomic mass is 35.5. The Hall–Kier alpha value is -0.910. The average molecular weight is 274 g/mol. The number of hydrogen-bond donors (Lipinski definition) is 1. The van der Waals surface area contributed by atoms with Gasteiger partial charge in [-0.1, -0.05) is 41.6 Å². The molecule has 0 spiro atoms. The van der Waals surface area contributed by atoms with E-state index in [0.29, 0.717) is 14.8 Å². The van der Waals surface area contributed by atoms with Crippen LogP contribution >= 0.6 is 35.6 Å². The molecule has 0 radical (unpaired) electrons. The van der Waals surface area contributed by atoms with Crippen molar-refractivity contribution in [3.05, 3.63) is 39.5 Å². The first kappa shape index (κ1) is 11.6. The van der Waals surface area contributed by atoms with Gasteiger partial charge in [0.1, 0.15) is 10.1 Å². The maximum absolute atomic E-state index is 13.1. The number of hydrogen-bond acceptors (Lipinski definition) is 3. The quantitative estimate of drug-likeness (QED) is 0.630. The van der Waals surface area contributed by atoms with Crippen LogP contribution in [0.25, 0.3) is 6.08 Å². The maximum atomic E-state index is 13.1. The number of carbonyl (C=O) groups excluding carboxylic acids is 1. The lowest BCUT2D eigenvalue weighted by Gasteiger charge is -1.97. The van der Waals surface area contributed by atoms with Crippen molar-refractivity contribution >= 4 is 51.9 Å². The lowest BCUT2D eigenvalue weighted by Crippen LogP contribution is -2.17. The second kappa shape index (κ2) is 4.53. The smallest absolute Gasteiger partial charge is 0.263 e. The van der Waals surface area contributed by atoms with Gasteiger partial charge in [0.05, 0.1) is 9.93 Å². The van der Waals surface area contributed by atoms with E-state index in [9.17, 15) is 9.18 Å². The molecule has 6 heteroatoms. The molecule has 1 fully saturated rings. The van der Waals surface area contributed by atoms with Gasteiger partial charge in [0, 0.05) is 0 Å². The van der Waals surface area contributed by atoms with Crippen LogP contribution in [0.15, 0.2) is 23.1 Å². The molecule has 0 bridgehead atoms. The van der Waals surface area contributed by atoms with Crippen LogP contribution in [0.4, 0.5) is 4.39 Å². The highest BCUT2D eigenvalue weighted by Crippen LogP contribution is 2.26. The van der Waals surface area contributed by atoms with E-state index >= 15 is 0 Å². The second-order valence-electron chi connectivity index (χ2n) is 3.03. The average Bonchev–Trinajstić information content (AvgIpc) is 2.51. The van der Waals surface area contributed by atoms with Crippen LogP contribution in [0.3, 0.4) is 0 Å². The first-order valence-corrected chi connectivity index (χ1v) is 5.86. The van der Waals surface area contributed by atoms with E-state index in [1.165, 1.54) is 12.1 Å². The zero-order valence-corrected chi connectivity index (χ0v) is 10.2. The van der Waals surface area contributed by atoms with Gasteiger partial charge in [0.15, 0.2) is 0 Å². The van der Waals surface area contributed by atoms with Crippen LogP contribution in [0.5, 0.6) is 0 Å². The Morgan fingerprint density at radius 3 is 2.81 bits per heavy atom. The molecule has 1 heterocycles. The topological polar surface area (TPSA) is 29.1 Å². The molecule has 0 aliphatic carbocycles. The van der Waals surface area contributed by atoms with E-state index < -0.39 is 5.82 Å². The van der Waals surface area contributed by atoms with Crippen LogP contribution in [-0.4, -0.2) is 10.2 Å². The summed E-state index contributed by atoms with van der Waals surface area (Å²) in [6, 6.07) is 4.34. The van der Waals surface area contributed by atoms with E-state index in [-0.39, 0.29) is 10.9 Å². The van der Waals surface area contributed by atoms with E-state index in [0.717, 1.165) is 11.8 Å². The van der Waals surface area contributed by atoms with Crippen molar-refractivity contribution in [3.63, 3.8) is 0 Å². The standard InChI is InChI=1S/C10H5ClFNOS2/c11-6-2-1-5(3-7(6)12)4-8-9(14)13-10(15)16-8/h1-4H,(H,13,14,15). The zero-order valence-electron chi connectivity index (χ0n) is 7.79. The van der Waals surface area contributed by atoms with Crippen LogP contribution in [0, 0.1) is 5.82 Å². The Balaban J connectivity index is 2.32. The third kappa shape index (κ3) is 2.42. The van der Waals surface area contributed by atoms with Crippen LogP contribution in [-0.2, 0) is 4.79 Å². The first-order chi connectivity index (χ1) is 7.56. The molecule has 0 atom stereocenters. The number of amides is 1. The molecule has 1 aromatic carbocycles. The Labute approximate surface area is 106 Å². The third-order valence-corrected chi connectivity index (χ3v) is 3.35. The number of halogens is 2. The minimum Gasteiger partial charge on any atom is -0.307 e. The summed E-state index contributed by atoms with van der Waals surface area (Å²) in [7, 11) is 0.